The molecule has 2 atom stereocenters. The van der Waals surface area contributed by atoms with E-state index < -0.39 is 6.04 Å². The number of nitrogens with two attached hydrogens (primary N) is 1. The SMILES string of the molecule is CC(N)C(=O)NCC(C)N1CCc2ccccc2C1.Cl. The van der Waals surface area contributed by atoms with Gasteiger partial charge in [-0.15, -0.1) is 12.4 Å². The van der Waals surface area contributed by atoms with Crippen molar-refractivity contribution < 1.29 is 4.79 Å². The summed E-state index contributed by atoms with van der Waals surface area (Å²) in [4.78, 5) is 13.9. The van der Waals surface area contributed by atoms with Crippen LogP contribution in [0.2, 0.25) is 0 Å². The first-order valence-electron chi connectivity index (χ1n) is 6.92. The van der Waals surface area contributed by atoms with Crippen molar-refractivity contribution in [1.29, 1.82) is 0 Å². The predicted molar refractivity (Wildman–Crippen MR) is 83.9 cm³/mol. The highest BCUT2D eigenvalue weighted by Gasteiger charge is 2.20. The Morgan fingerprint density at radius 2 is 2.00 bits per heavy atom. The Hall–Kier alpha value is -1.10. The Labute approximate surface area is 127 Å². The molecule has 1 aliphatic heterocycles. The van der Waals surface area contributed by atoms with Gasteiger partial charge in [0.05, 0.1) is 6.04 Å². The summed E-state index contributed by atoms with van der Waals surface area (Å²) in [6.07, 6.45) is 1.09. The Kier molecular flexibility index (Phi) is 6.46. The van der Waals surface area contributed by atoms with Crippen molar-refractivity contribution in [2.75, 3.05) is 13.1 Å². The van der Waals surface area contributed by atoms with Crippen LogP contribution in [0.5, 0.6) is 0 Å². The molecule has 0 bridgehead atoms. The van der Waals surface area contributed by atoms with E-state index in [1.165, 1.54) is 11.1 Å². The van der Waals surface area contributed by atoms with Crippen LogP contribution in [0, 0.1) is 0 Å². The molecule has 0 aromatic heterocycles. The van der Waals surface area contributed by atoms with Gasteiger partial charge in [-0.3, -0.25) is 9.69 Å². The third kappa shape index (κ3) is 4.20. The highest BCUT2D eigenvalue weighted by molar-refractivity contribution is 5.85. The summed E-state index contributed by atoms with van der Waals surface area (Å²) in [6, 6.07) is 8.47. The second-order valence-corrected chi connectivity index (χ2v) is 5.37. The second kappa shape index (κ2) is 7.62. The van der Waals surface area contributed by atoms with Crippen molar-refractivity contribution in [3.8, 4) is 0 Å². The quantitative estimate of drug-likeness (QED) is 0.881. The van der Waals surface area contributed by atoms with E-state index in [1.54, 1.807) is 6.92 Å². The lowest BCUT2D eigenvalue weighted by atomic mass is 9.99. The standard InChI is InChI=1S/C15H23N3O.ClH/c1-11(9-17-15(19)12(2)16)18-8-7-13-5-3-4-6-14(13)10-18;/h3-6,11-12H,7-10,16H2,1-2H3,(H,17,19);1H. The number of halogens is 1. The Morgan fingerprint density at radius 3 is 2.65 bits per heavy atom. The molecule has 5 heteroatoms. The lowest BCUT2D eigenvalue weighted by Gasteiger charge is -2.33. The summed E-state index contributed by atoms with van der Waals surface area (Å²) in [5, 5.41) is 2.90. The van der Waals surface area contributed by atoms with Gasteiger partial charge in [-0.1, -0.05) is 24.3 Å². The van der Waals surface area contributed by atoms with Crippen LogP contribution < -0.4 is 11.1 Å². The zero-order valence-electron chi connectivity index (χ0n) is 12.1. The van der Waals surface area contributed by atoms with Gasteiger partial charge in [0.15, 0.2) is 0 Å². The Bertz CT molecular complexity index is 450. The first kappa shape index (κ1) is 17.0. The second-order valence-electron chi connectivity index (χ2n) is 5.37. The zero-order chi connectivity index (χ0) is 13.8. The highest BCUT2D eigenvalue weighted by Crippen LogP contribution is 2.19. The monoisotopic (exact) mass is 297 g/mol. The predicted octanol–water partition coefficient (Wildman–Crippen LogP) is 1.32. The topological polar surface area (TPSA) is 58.4 Å². The number of benzene rings is 1. The van der Waals surface area contributed by atoms with Crippen LogP contribution in [0.4, 0.5) is 0 Å². The molecule has 0 saturated heterocycles. The summed E-state index contributed by atoms with van der Waals surface area (Å²) < 4.78 is 0. The molecular weight excluding hydrogens is 274 g/mol. The maximum absolute atomic E-state index is 11.5. The zero-order valence-corrected chi connectivity index (χ0v) is 13.0. The van der Waals surface area contributed by atoms with Crippen molar-refractivity contribution in [1.82, 2.24) is 10.2 Å². The minimum Gasteiger partial charge on any atom is -0.353 e. The fourth-order valence-electron chi connectivity index (χ4n) is 2.43. The van der Waals surface area contributed by atoms with Gasteiger partial charge in [0.2, 0.25) is 5.91 Å². The minimum atomic E-state index is -0.436. The number of carbonyl (C=O) groups is 1. The van der Waals surface area contributed by atoms with Gasteiger partial charge in [-0.05, 0) is 31.4 Å². The molecule has 1 aliphatic rings. The van der Waals surface area contributed by atoms with Gasteiger partial charge in [0.25, 0.3) is 0 Å². The normalized spacial score (nSPS) is 17.6. The fraction of sp³-hybridized carbons (Fsp3) is 0.533. The number of rotatable bonds is 4. The van der Waals surface area contributed by atoms with E-state index in [1.807, 2.05) is 0 Å². The third-order valence-corrected chi connectivity index (χ3v) is 3.77. The van der Waals surface area contributed by atoms with E-state index in [9.17, 15) is 4.79 Å². The van der Waals surface area contributed by atoms with Crippen molar-refractivity contribution in [3.05, 3.63) is 35.4 Å². The first-order valence-corrected chi connectivity index (χ1v) is 6.92. The maximum atomic E-state index is 11.5. The summed E-state index contributed by atoms with van der Waals surface area (Å²) in [5.41, 5.74) is 8.39. The van der Waals surface area contributed by atoms with E-state index >= 15 is 0 Å². The van der Waals surface area contributed by atoms with E-state index in [0.29, 0.717) is 12.6 Å². The van der Waals surface area contributed by atoms with Crippen molar-refractivity contribution in [3.63, 3.8) is 0 Å². The summed E-state index contributed by atoms with van der Waals surface area (Å²) in [7, 11) is 0. The summed E-state index contributed by atoms with van der Waals surface area (Å²) in [5.74, 6) is -0.0794. The van der Waals surface area contributed by atoms with Gasteiger partial charge in [-0.2, -0.15) is 0 Å². The van der Waals surface area contributed by atoms with Crippen LogP contribution in [0.1, 0.15) is 25.0 Å². The minimum absolute atomic E-state index is 0. The largest absolute Gasteiger partial charge is 0.353 e. The molecule has 0 fully saturated rings. The average molecular weight is 298 g/mol. The summed E-state index contributed by atoms with van der Waals surface area (Å²) in [6.45, 7) is 6.52. The van der Waals surface area contributed by atoms with Crippen molar-refractivity contribution in [2.45, 2.75) is 38.9 Å². The molecule has 0 spiro atoms. The molecular formula is C15H24ClN3O. The molecule has 0 saturated carbocycles. The molecule has 2 rings (SSSR count). The van der Waals surface area contributed by atoms with Crippen LogP contribution in [-0.2, 0) is 17.8 Å². The van der Waals surface area contributed by atoms with E-state index in [0.717, 1.165) is 19.5 Å². The van der Waals surface area contributed by atoms with Crippen LogP contribution in [0.15, 0.2) is 24.3 Å². The molecule has 112 valence electrons. The molecule has 3 N–H and O–H groups in total. The molecule has 0 aliphatic carbocycles. The number of nitrogens with zero attached hydrogens (tertiary/aromatic N) is 1. The molecule has 1 amide bonds. The van der Waals surface area contributed by atoms with E-state index in [4.69, 9.17) is 5.73 Å². The number of nitrogens with one attached hydrogen (secondary N) is 1. The Morgan fingerprint density at radius 1 is 1.35 bits per heavy atom. The van der Waals surface area contributed by atoms with Crippen LogP contribution in [0.25, 0.3) is 0 Å². The van der Waals surface area contributed by atoms with Gasteiger partial charge < -0.3 is 11.1 Å². The Balaban J connectivity index is 0.00000200. The van der Waals surface area contributed by atoms with Gasteiger partial charge in [0, 0.05) is 25.7 Å². The molecule has 2 unspecified atom stereocenters. The lowest BCUT2D eigenvalue weighted by molar-refractivity contribution is -0.122. The highest BCUT2D eigenvalue weighted by atomic mass is 35.5. The molecule has 1 aromatic carbocycles. The number of hydrogen-bond acceptors (Lipinski definition) is 3. The molecule has 20 heavy (non-hydrogen) atoms. The molecule has 0 radical (unpaired) electrons. The van der Waals surface area contributed by atoms with Gasteiger partial charge in [-0.25, -0.2) is 0 Å². The van der Waals surface area contributed by atoms with Gasteiger partial charge >= 0.3 is 0 Å². The van der Waals surface area contributed by atoms with Crippen molar-refractivity contribution >= 4 is 18.3 Å². The third-order valence-electron chi connectivity index (χ3n) is 3.77. The fourth-order valence-corrected chi connectivity index (χ4v) is 2.43. The average Bonchev–Trinajstić information content (AvgIpc) is 2.43. The number of hydrogen-bond donors (Lipinski definition) is 2. The molecule has 1 aromatic rings. The van der Waals surface area contributed by atoms with Crippen LogP contribution in [-0.4, -0.2) is 36.0 Å². The van der Waals surface area contributed by atoms with Gasteiger partial charge in [0.1, 0.15) is 0 Å². The van der Waals surface area contributed by atoms with Crippen molar-refractivity contribution in [2.24, 2.45) is 5.73 Å². The molecule has 1 heterocycles. The lowest BCUT2D eigenvalue weighted by Crippen LogP contribution is -2.47. The van der Waals surface area contributed by atoms with Crippen LogP contribution in [0.3, 0.4) is 0 Å². The first-order chi connectivity index (χ1) is 9.08. The number of fused-ring (bicyclic) bond motifs is 1. The molecule has 4 nitrogen and oxygen atoms in total. The maximum Gasteiger partial charge on any atom is 0.236 e. The van der Waals surface area contributed by atoms with E-state index in [-0.39, 0.29) is 18.3 Å². The summed E-state index contributed by atoms with van der Waals surface area (Å²) >= 11 is 0. The number of amides is 1. The van der Waals surface area contributed by atoms with E-state index in [2.05, 4.69) is 41.4 Å². The smallest absolute Gasteiger partial charge is 0.236 e. The van der Waals surface area contributed by atoms with Crippen LogP contribution >= 0.6 is 12.4 Å². The number of carbonyl (C=O) groups excluding carboxylic acids is 1.